The maximum Gasteiger partial charge on any atom is 0.175 e. The standard InChI is InChI=1S/C14H14ClNO3S/c1-20(17,18)13-6-4-12(5-7-13)19-9-10-2-3-11(15)8-14(10)16/h2-8H,9,16H2,1H3. The van der Waals surface area contributed by atoms with Gasteiger partial charge in [-0.2, -0.15) is 0 Å². The minimum Gasteiger partial charge on any atom is -0.489 e. The lowest BCUT2D eigenvalue weighted by Crippen LogP contribution is -2.01. The van der Waals surface area contributed by atoms with Crippen molar-refractivity contribution in [3.63, 3.8) is 0 Å². The fraction of sp³-hybridized carbons (Fsp3) is 0.143. The number of hydrogen-bond donors (Lipinski definition) is 1. The third kappa shape index (κ3) is 3.65. The van der Waals surface area contributed by atoms with Gasteiger partial charge >= 0.3 is 0 Å². The molecular weight excluding hydrogens is 298 g/mol. The second-order valence-corrected chi connectivity index (χ2v) is 6.83. The van der Waals surface area contributed by atoms with Crippen LogP contribution < -0.4 is 10.5 Å². The molecule has 6 heteroatoms. The maximum absolute atomic E-state index is 11.3. The van der Waals surface area contributed by atoms with Gasteiger partial charge in [-0.1, -0.05) is 17.7 Å². The van der Waals surface area contributed by atoms with Gasteiger partial charge in [-0.25, -0.2) is 8.42 Å². The summed E-state index contributed by atoms with van der Waals surface area (Å²) in [6, 6.07) is 11.4. The number of sulfone groups is 1. The van der Waals surface area contributed by atoms with Crippen molar-refractivity contribution >= 4 is 27.1 Å². The topological polar surface area (TPSA) is 69.4 Å². The molecule has 0 aromatic heterocycles. The summed E-state index contributed by atoms with van der Waals surface area (Å²) in [5, 5.41) is 0.573. The fourth-order valence-corrected chi connectivity index (χ4v) is 2.45. The van der Waals surface area contributed by atoms with Crippen molar-refractivity contribution in [1.82, 2.24) is 0 Å². The average Bonchev–Trinajstić information content (AvgIpc) is 2.37. The molecule has 2 aromatic rings. The SMILES string of the molecule is CS(=O)(=O)c1ccc(OCc2ccc(Cl)cc2N)cc1. The van der Waals surface area contributed by atoms with Crippen LogP contribution in [0.4, 0.5) is 5.69 Å². The Morgan fingerprint density at radius 2 is 1.80 bits per heavy atom. The van der Waals surface area contributed by atoms with Crippen LogP contribution >= 0.6 is 11.6 Å². The number of anilines is 1. The number of ether oxygens (including phenoxy) is 1. The molecule has 20 heavy (non-hydrogen) atoms. The first kappa shape index (κ1) is 14.7. The zero-order valence-corrected chi connectivity index (χ0v) is 12.4. The van der Waals surface area contributed by atoms with Gasteiger partial charge in [0, 0.05) is 22.5 Å². The smallest absolute Gasteiger partial charge is 0.175 e. The Morgan fingerprint density at radius 3 is 2.35 bits per heavy atom. The summed E-state index contributed by atoms with van der Waals surface area (Å²) < 4.78 is 28.2. The van der Waals surface area contributed by atoms with Crippen LogP contribution in [0.1, 0.15) is 5.56 Å². The molecule has 0 fully saturated rings. The van der Waals surface area contributed by atoms with Crippen molar-refractivity contribution in [1.29, 1.82) is 0 Å². The van der Waals surface area contributed by atoms with Crippen molar-refractivity contribution in [2.45, 2.75) is 11.5 Å². The van der Waals surface area contributed by atoms with E-state index in [1.165, 1.54) is 12.1 Å². The Bertz CT molecular complexity index is 712. The lowest BCUT2D eigenvalue weighted by molar-refractivity contribution is 0.306. The molecule has 2 aromatic carbocycles. The van der Waals surface area contributed by atoms with Crippen LogP contribution in [0.2, 0.25) is 5.02 Å². The summed E-state index contributed by atoms with van der Waals surface area (Å²) in [4.78, 5) is 0.260. The van der Waals surface area contributed by atoms with E-state index in [0.29, 0.717) is 23.1 Å². The van der Waals surface area contributed by atoms with E-state index in [1.54, 1.807) is 30.3 Å². The minimum absolute atomic E-state index is 0.260. The van der Waals surface area contributed by atoms with E-state index in [-0.39, 0.29) is 4.90 Å². The molecule has 0 unspecified atom stereocenters. The van der Waals surface area contributed by atoms with Crippen LogP contribution in [-0.4, -0.2) is 14.7 Å². The summed E-state index contributed by atoms with van der Waals surface area (Å²) in [5.41, 5.74) is 7.20. The monoisotopic (exact) mass is 311 g/mol. The highest BCUT2D eigenvalue weighted by atomic mass is 35.5. The lowest BCUT2D eigenvalue weighted by atomic mass is 10.2. The van der Waals surface area contributed by atoms with E-state index in [2.05, 4.69) is 0 Å². The molecule has 0 aliphatic heterocycles. The van der Waals surface area contributed by atoms with Crippen LogP contribution in [0.25, 0.3) is 0 Å². The highest BCUT2D eigenvalue weighted by Gasteiger charge is 2.07. The van der Waals surface area contributed by atoms with E-state index in [4.69, 9.17) is 22.1 Å². The first-order valence-electron chi connectivity index (χ1n) is 5.83. The molecule has 2 rings (SSSR count). The maximum atomic E-state index is 11.3. The van der Waals surface area contributed by atoms with Gasteiger partial charge in [-0.05, 0) is 36.4 Å². The summed E-state index contributed by atoms with van der Waals surface area (Å²) in [6.45, 7) is 0.293. The number of rotatable bonds is 4. The molecule has 0 heterocycles. The highest BCUT2D eigenvalue weighted by molar-refractivity contribution is 7.90. The molecule has 0 saturated carbocycles. The Kier molecular flexibility index (Phi) is 4.20. The van der Waals surface area contributed by atoms with Crippen LogP contribution in [-0.2, 0) is 16.4 Å². The third-order valence-electron chi connectivity index (χ3n) is 2.75. The summed E-state index contributed by atoms with van der Waals surface area (Å²) in [6.07, 6.45) is 1.16. The number of benzene rings is 2. The zero-order valence-electron chi connectivity index (χ0n) is 10.8. The van der Waals surface area contributed by atoms with Gasteiger partial charge in [0.15, 0.2) is 9.84 Å². The Hall–Kier alpha value is -1.72. The van der Waals surface area contributed by atoms with E-state index in [1.807, 2.05) is 0 Å². The second-order valence-electron chi connectivity index (χ2n) is 4.38. The van der Waals surface area contributed by atoms with Crippen LogP contribution in [0.5, 0.6) is 5.75 Å². The molecule has 4 nitrogen and oxygen atoms in total. The molecular formula is C14H14ClNO3S. The van der Waals surface area contributed by atoms with Crippen molar-refractivity contribution < 1.29 is 13.2 Å². The van der Waals surface area contributed by atoms with E-state index < -0.39 is 9.84 Å². The number of hydrogen-bond acceptors (Lipinski definition) is 4. The molecule has 0 aliphatic rings. The van der Waals surface area contributed by atoms with Crippen LogP contribution in [0.3, 0.4) is 0 Å². The first-order chi connectivity index (χ1) is 9.36. The zero-order chi connectivity index (χ0) is 14.8. The number of nitrogens with two attached hydrogens (primary N) is 1. The van der Waals surface area contributed by atoms with Crippen molar-refractivity contribution in [2.24, 2.45) is 0 Å². The lowest BCUT2D eigenvalue weighted by Gasteiger charge is -2.09. The number of halogens is 1. The van der Waals surface area contributed by atoms with Gasteiger partial charge in [-0.3, -0.25) is 0 Å². The predicted octanol–water partition coefficient (Wildman–Crippen LogP) is 2.90. The summed E-state index contributed by atoms with van der Waals surface area (Å²) in [5.74, 6) is 0.576. The molecule has 0 amide bonds. The van der Waals surface area contributed by atoms with E-state index >= 15 is 0 Å². The van der Waals surface area contributed by atoms with Gasteiger partial charge in [0.1, 0.15) is 12.4 Å². The number of nitrogen functional groups attached to an aromatic ring is 1. The predicted molar refractivity (Wildman–Crippen MR) is 79.7 cm³/mol. The summed E-state index contributed by atoms with van der Waals surface area (Å²) >= 11 is 5.82. The average molecular weight is 312 g/mol. The van der Waals surface area contributed by atoms with Gasteiger partial charge in [0.05, 0.1) is 4.90 Å². The quantitative estimate of drug-likeness (QED) is 0.881. The van der Waals surface area contributed by atoms with Gasteiger partial charge in [0.25, 0.3) is 0 Å². The summed E-state index contributed by atoms with van der Waals surface area (Å²) in [7, 11) is -3.19. The highest BCUT2D eigenvalue weighted by Crippen LogP contribution is 2.21. The molecule has 0 bridgehead atoms. The van der Waals surface area contributed by atoms with Crippen LogP contribution in [0, 0.1) is 0 Å². The fourth-order valence-electron chi connectivity index (χ4n) is 1.64. The van der Waals surface area contributed by atoms with Crippen molar-refractivity contribution in [3.05, 3.63) is 53.1 Å². The molecule has 0 saturated heterocycles. The molecule has 0 spiro atoms. The van der Waals surface area contributed by atoms with Crippen LogP contribution in [0.15, 0.2) is 47.4 Å². The van der Waals surface area contributed by atoms with Gasteiger partial charge in [-0.15, -0.1) is 0 Å². The molecule has 2 N–H and O–H groups in total. The van der Waals surface area contributed by atoms with Crippen molar-refractivity contribution in [3.8, 4) is 5.75 Å². The third-order valence-corrected chi connectivity index (χ3v) is 4.12. The molecule has 0 aliphatic carbocycles. The Labute approximate surface area is 123 Å². The van der Waals surface area contributed by atoms with E-state index in [9.17, 15) is 8.42 Å². The van der Waals surface area contributed by atoms with Gasteiger partial charge < -0.3 is 10.5 Å². The molecule has 106 valence electrons. The Morgan fingerprint density at radius 1 is 1.15 bits per heavy atom. The van der Waals surface area contributed by atoms with Gasteiger partial charge in [0.2, 0.25) is 0 Å². The van der Waals surface area contributed by atoms with Crippen molar-refractivity contribution in [2.75, 3.05) is 12.0 Å². The first-order valence-corrected chi connectivity index (χ1v) is 8.10. The second kappa shape index (κ2) is 5.73. The Balaban J connectivity index is 2.08. The molecule has 0 atom stereocenters. The normalized spacial score (nSPS) is 11.3. The largest absolute Gasteiger partial charge is 0.489 e. The van der Waals surface area contributed by atoms with E-state index in [0.717, 1.165) is 11.8 Å². The molecule has 0 radical (unpaired) electrons. The minimum atomic E-state index is -3.19.